The van der Waals surface area contributed by atoms with Crippen LogP contribution in [0.15, 0.2) is 12.4 Å². The highest BCUT2D eigenvalue weighted by atomic mass is 19.3. The first kappa shape index (κ1) is 11.4. The van der Waals surface area contributed by atoms with Gasteiger partial charge in [-0.3, -0.25) is 9.78 Å². The number of aromatic nitrogens is 1. The minimum absolute atomic E-state index is 0.397. The molecule has 0 aliphatic rings. The Bertz CT molecular complexity index is 374. The fourth-order valence-corrected chi connectivity index (χ4v) is 1.04. The molecule has 0 amide bonds. The van der Waals surface area contributed by atoms with E-state index in [1.54, 1.807) is 0 Å². The molecule has 7 heteroatoms. The highest BCUT2D eigenvalue weighted by Crippen LogP contribution is 2.34. The highest BCUT2D eigenvalue weighted by Gasteiger charge is 2.40. The summed E-state index contributed by atoms with van der Waals surface area (Å²) in [7, 11) is 0. The normalized spacial score (nSPS) is 11.5. The van der Waals surface area contributed by atoms with Crippen molar-refractivity contribution in [3.05, 3.63) is 29.6 Å². The standard InChI is InChI=1S/C8H5F4NO2/c9-4-2-13-3-5(10)7(4)8(11,12)1-6(14)15/h2-3H,1H2,(H,14,15). The number of alkyl halides is 2. The van der Waals surface area contributed by atoms with Crippen molar-refractivity contribution >= 4 is 5.97 Å². The first-order chi connectivity index (χ1) is 6.84. The smallest absolute Gasteiger partial charge is 0.309 e. The fourth-order valence-electron chi connectivity index (χ4n) is 1.04. The third kappa shape index (κ3) is 2.42. The monoisotopic (exact) mass is 223 g/mol. The number of aliphatic carboxylic acids is 1. The van der Waals surface area contributed by atoms with Gasteiger partial charge in [-0.25, -0.2) is 17.6 Å². The molecule has 1 N–H and O–H groups in total. The zero-order valence-electron chi connectivity index (χ0n) is 7.18. The molecule has 0 saturated carbocycles. The molecule has 0 fully saturated rings. The van der Waals surface area contributed by atoms with E-state index in [0.717, 1.165) is 0 Å². The number of hydrogen-bond acceptors (Lipinski definition) is 2. The summed E-state index contributed by atoms with van der Waals surface area (Å²) in [4.78, 5) is 13.1. The van der Waals surface area contributed by atoms with Gasteiger partial charge in [-0.2, -0.15) is 0 Å². The molecule has 0 bridgehead atoms. The molecule has 0 atom stereocenters. The van der Waals surface area contributed by atoms with Gasteiger partial charge >= 0.3 is 5.97 Å². The Morgan fingerprint density at radius 1 is 1.33 bits per heavy atom. The van der Waals surface area contributed by atoms with Gasteiger partial charge in [0, 0.05) is 0 Å². The molecule has 1 heterocycles. The van der Waals surface area contributed by atoms with Crippen LogP contribution in [0.1, 0.15) is 12.0 Å². The van der Waals surface area contributed by atoms with Crippen molar-refractivity contribution < 1.29 is 27.5 Å². The number of rotatable bonds is 3. The summed E-state index contributed by atoms with van der Waals surface area (Å²) in [6.07, 6.45) is -0.882. The number of pyridine rings is 1. The van der Waals surface area contributed by atoms with Gasteiger partial charge in [-0.05, 0) is 0 Å². The number of carbonyl (C=O) groups is 1. The largest absolute Gasteiger partial charge is 0.481 e. The van der Waals surface area contributed by atoms with E-state index in [-0.39, 0.29) is 0 Å². The van der Waals surface area contributed by atoms with Gasteiger partial charge in [-0.15, -0.1) is 0 Å². The molecule has 1 aromatic heterocycles. The van der Waals surface area contributed by atoms with Gasteiger partial charge in [0.25, 0.3) is 5.92 Å². The van der Waals surface area contributed by atoms with Crippen LogP contribution in [-0.2, 0) is 10.7 Å². The lowest BCUT2D eigenvalue weighted by Gasteiger charge is -2.15. The van der Waals surface area contributed by atoms with Crippen molar-refractivity contribution in [1.82, 2.24) is 4.98 Å². The molecular weight excluding hydrogens is 218 g/mol. The first-order valence-electron chi connectivity index (χ1n) is 3.73. The van der Waals surface area contributed by atoms with Crippen molar-refractivity contribution in [2.24, 2.45) is 0 Å². The van der Waals surface area contributed by atoms with Gasteiger partial charge in [0.2, 0.25) is 0 Å². The SMILES string of the molecule is O=C(O)CC(F)(F)c1c(F)cncc1F. The van der Waals surface area contributed by atoms with Crippen LogP contribution in [0, 0.1) is 11.6 Å². The van der Waals surface area contributed by atoms with E-state index in [0.29, 0.717) is 12.4 Å². The van der Waals surface area contributed by atoms with E-state index in [1.807, 2.05) is 0 Å². The average molecular weight is 223 g/mol. The Morgan fingerprint density at radius 2 is 1.80 bits per heavy atom. The van der Waals surface area contributed by atoms with E-state index in [2.05, 4.69) is 4.98 Å². The fraction of sp³-hybridized carbons (Fsp3) is 0.250. The lowest BCUT2D eigenvalue weighted by atomic mass is 10.1. The minimum atomic E-state index is -4.09. The molecule has 0 aliphatic carbocycles. The number of carboxylic acids is 1. The van der Waals surface area contributed by atoms with Gasteiger partial charge in [0.15, 0.2) is 11.6 Å². The second-order valence-electron chi connectivity index (χ2n) is 2.75. The van der Waals surface area contributed by atoms with Crippen LogP contribution in [0.2, 0.25) is 0 Å². The van der Waals surface area contributed by atoms with Gasteiger partial charge in [0.05, 0.1) is 18.0 Å². The first-order valence-corrected chi connectivity index (χ1v) is 3.73. The molecule has 15 heavy (non-hydrogen) atoms. The molecular formula is C8H5F4NO2. The topological polar surface area (TPSA) is 50.2 Å². The third-order valence-corrected chi connectivity index (χ3v) is 1.59. The van der Waals surface area contributed by atoms with Crippen molar-refractivity contribution in [2.75, 3.05) is 0 Å². The third-order valence-electron chi connectivity index (χ3n) is 1.59. The lowest BCUT2D eigenvalue weighted by Crippen LogP contribution is -2.22. The zero-order valence-corrected chi connectivity index (χ0v) is 7.18. The Balaban J connectivity index is 3.19. The molecule has 0 spiro atoms. The predicted octanol–water partition coefficient (Wildman–Crippen LogP) is 1.93. The predicted molar refractivity (Wildman–Crippen MR) is 40.3 cm³/mol. The Kier molecular flexibility index (Phi) is 2.92. The lowest BCUT2D eigenvalue weighted by molar-refractivity contribution is -0.145. The summed E-state index contributed by atoms with van der Waals surface area (Å²) in [6.45, 7) is 0. The number of carboxylic acid groups (broad SMARTS) is 1. The van der Waals surface area contributed by atoms with E-state index >= 15 is 0 Å². The molecule has 0 unspecified atom stereocenters. The van der Waals surface area contributed by atoms with Gasteiger partial charge < -0.3 is 5.11 Å². The van der Waals surface area contributed by atoms with Crippen LogP contribution in [0.4, 0.5) is 17.6 Å². The van der Waals surface area contributed by atoms with Crippen LogP contribution >= 0.6 is 0 Å². The molecule has 0 saturated heterocycles. The highest BCUT2D eigenvalue weighted by molar-refractivity contribution is 5.68. The zero-order chi connectivity index (χ0) is 11.6. The van der Waals surface area contributed by atoms with E-state index in [1.165, 1.54) is 0 Å². The van der Waals surface area contributed by atoms with E-state index in [4.69, 9.17) is 5.11 Å². The molecule has 3 nitrogen and oxygen atoms in total. The maximum atomic E-state index is 13.0. The quantitative estimate of drug-likeness (QED) is 0.796. The second-order valence-corrected chi connectivity index (χ2v) is 2.75. The Morgan fingerprint density at radius 3 is 2.20 bits per heavy atom. The van der Waals surface area contributed by atoms with Crippen molar-refractivity contribution in [3.8, 4) is 0 Å². The number of nitrogens with zero attached hydrogens (tertiary/aromatic N) is 1. The van der Waals surface area contributed by atoms with Crippen LogP contribution in [0.25, 0.3) is 0 Å². The van der Waals surface area contributed by atoms with Crippen LogP contribution < -0.4 is 0 Å². The summed E-state index contributed by atoms with van der Waals surface area (Å²) in [5.41, 5.74) is -1.57. The summed E-state index contributed by atoms with van der Waals surface area (Å²) in [5.74, 6) is -9.08. The maximum Gasteiger partial charge on any atom is 0.309 e. The summed E-state index contributed by atoms with van der Waals surface area (Å²) >= 11 is 0. The van der Waals surface area contributed by atoms with Crippen molar-refractivity contribution in [2.45, 2.75) is 12.3 Å². The summed E-state index contributed by atoms with van der Waals surface area (Å²) < 4.78 is 51.7. The molecule has 0 aliphatic heterocycles. The molecule has 1 rings (SSSR count). The molecule has 1 aromatic rings. The van der Waals surface area contributed by atoms with Crippen molar-refractivity contribution in [1.29, 1.82) is 0 Å². The molecule has 0 radical (unpaired) electrons. The van der Waals surface area contributed by atoms with E-state index < -0.39 is 35.5 Å². The van der Waals surface area contributed by atoms with Crippen LogP contribution in [0.5, 0.6) is 0 Å². The van der Waals surface area contributed by atoms with Crippen LogP contribution in [0.3, 0.4) is 0 Å². The Hall–Kier alpha value is -1.66. The molecule has 82 valence electrons. The minimum Gasteiger partial charge on any atom is -0.481 e. The summed E-state index contributed by atoms with van der Waals surface area (Å²) in [6, 6.07) is 0. The molecule has 0 aromatic carbocycles. The van der Waals surface area contributed by atoms with E-state index in [9.17, 15) is 22.4 Å². The maximum absolute atomic E-state index is 13.0. The second kappa shape index (κ2) is 3.84. The Labute approximate surface area is 81.4 Å². The number of halogens is 4. The van der Waals surface area contributed by atoms with Gasteiger partial charge in [0.1, 0.15) is 6.42 Å². The number of hydrogen-bond donors (Lipinski definition) is 1. The van der Waals surface area contributed by atoms with Crippen LogP contribution in [-0.4, -0.2) is 16.1 Å². The van der Waals surface area contributed by atoms with Gasteiger partial charge in [-0.1, -0.05) is 0 Å². The van der Waals surface area contributed by atoms with Crippen molar-refractivity contribution in [3.63, 3.8) is 0 Å². The summed E-state index contributed by atoms with van der Waals surface area (Å²) in [5, 5.41) is 8.15. The average Bonchev–Trinajstić information content (AvgIpc) is 1.99.